The molecule has 1 aromatic rings. The molecule has 5 heteroatoms. The van der Waals surface area contributed by atoms with Crippen LogP contribution in [0.5, 0.6) is 0 Å². The predicted molar refractivity (Wildman–Crippen MR) is 76.4 cm³/mol. The van der Waals surface area contributed by atoms with Gasteiger partial charge >= 0.3 is 0 Å². The molecule has 1 saturated heterocycles. The van der Waals surface area contributed by atoms with Crippen molar-refractivity contribution in [1.29, 1.82) is 0 Å². The van der Waals surface area contributed by atoms with Gasteiger partial charge in [-0.2, -0.15) is 4.98 Å². The molecule has 2 rings (SSSR count). The Kier molecular flexibility index (Phi) is 3.95. The van der Waals surface area contributed by atoms with Gasteiger partial charge in [-0.15, -0.1) is 0 Å². The summed E-state index contributed by atoms with van der Waals surface area (Å²) in [6, 6.07) is 1.84. The Hall–Kier alpha value is -1.03. The lowest BCUT2D eigenvalue weighted by Gasteiger charge is -2.20. The molecule has 0 spiro atoms. The van der Waals surface area contributed by atoms with E-state index in [0.717, 1.165) is 25.5 Å². The van der Waals surface area contributed by atoms with Crippen molar-refractivity contribution in [1.82, 2.24) is 9.97 Å². The first-order valence-electron chi connectivity index (χ1n) is 6.47. The van der Waals surface area contributed by atoms with Gasteiger partial charge in [0.25, 0.3) is 0 Å². The van der Waals surface area contributed by atoms with Gasteiger partial charge in [-0.05, 0) is 18.3 Å². The summed E-state index contributed by atoms with van der Waals surface area (Å²) in [7, 11) is 0. The number of rotatable bonds is 3. The molecule has 1 fully saturated rings. The summed E-state index contributed by atoms with van der Waals surface area (Å²) in [6.45, 7) is 9.47. The summed E-state index contributed by atoms with van der Waals surface area (Å²) in [5.41, 5.74) is 0.194. The lowest BCUT2D eigenvalue weighted by atomic mass is 9.97. The molecule has 4 nitrogen and oxygen atoms in total. The second-order valence-corrected chi connectivity index (χ2v) is 6.37. The maximum Gasteiger partial charge on any atom is 0.226 e. The Labute approximate surface area is 114 Å². The number of halogens is 1. The van der Waals surface area contributed by atoms with Crippen LogP contribution >= 0.6 is 11.6 Å². The van der Waals surface area contributed by atoms with Crippen LogP contribution in [0.3, 0.4) is 0 Å². The van der Waals surface area contributed by atoms with Crippen molar-refractivity contribution in [3.05, 3.63) is 11.2 Å². The van der Waals surface area contributed by atoms with E-state index in [-0.39, 0.29) is 5.41 Å². The molecule has 0 aromatic carbocycles. The van der Waals surface area contributed by atoms with Gasteiger partial charge in [-0.1, -0.05) is 32.4 Å². The smallest absolute Gasteiger partial charge is 0.226 e. The molecule has 0 unspecified atom stereocenters. The van der Waals surface area contributed by atoms with Crippen LogP contribution in [-0.4, -0.2) is 29.6 Å². The van der Waals surface area contributed by atoms with E-state index in [1.165, 1.54) is 12.8 Å². The van der Waals surface area contributed by atoms with E-state index in [9.17, 15) is 0 Å². The minimum atomic E-state index is 0.194. The number of hydrogen-bond acceptors (Lipinski definition) is 4. The van der Waals surface area contributed by atoms with E-state index in [1.807, 2.05) is 6.07 Å². The molecule has 1 aromatic heterocycles. The topological polar surface area (TPSA) is 41.1 Å². The highest BCUT2D eigenvalue weighted by atomic mass is 35.5. The summed E-state index contributed by atoms with van der Waals surface area (Å²) in [6.07, 6.45) is 2.46. The average Bonchev–Trinajstić information content (AvgIpc) is 2.78. The molecule has 0 atom stereocenters. The zero-order valence-electron chi connectivity index (χ0n) is 11.3. The van der Waals surface area contributed by atoms with Crippen molar-refractivity contribution in [2.24, 2.45) is 5.41 Å². The first kappa shape index (κ1) is 13.4. The molecule has 1 aliphatic heterocycles. The quantitative estimate of drug-likeness (QED) is 0.855. The molecule has 100 valence electrons. The van der Waals surface area contributed by atoms with Crippen LogP contribution in [-0.2, 0) is 0 Å². The lowest BCUT2D eigenvalue weighted by Crippen LogP contribution is -2.22. The van der Waals surface area contributed by atoms with Gasteiger partial charge in [-0.3, -0.25) is 0 Å². The molecular weight excluding hydrogens is 248 g/mol. The Morgan fingerprint density at radius 2 is 1.94 bits per heavy atom. The molecule has 0 bridgehead atoms. The van der Waals surface area contributed by atoms with E-state index >= 15 is 0 Å². The van der Waals surface area contributed by atoms with Gasteiger partial charge in [-0.25, -0.2) is 4.98 Å². The highest BCUT2D eigenvalue weighted by Gasteiger charge is 2.16. The van der Waals surface area contributed by atoms with E-state index in [2.05, 4.69) is 41.0 Å². The van der Waals surface area contributed by atoms with Crippen LogP contribution in [0.15, 0.2) is 6.07 Å². The Morgan fingerprint density at radius 1 is 1.28 bits per heavy atom. The lowest BCUT2D eigenvalue weighted by molar-refractivity contribution is 0.442. The fraction of sp³-hybridized carbons (Fsp3) is 0.692. The average molecular weight is 269 g/mol. The maximum absolute atomic E-state index is 6.06. The molecular formula is C13H21ClN4. The van der Waals surface area contributed by atoms with Gasteiger partial charge in [0.15, 0.2) is 0 Å². The highest BCUT2D eigenvalue weighted by Crippen LogP contribution is 2.22. The predicted octanol–water partition coefficient (Wildman–Crippen LogP) is 3.19. The minimum absolute atomic E-state index is 0.194. The van der Waals surface area contributed by atoms with Crippen molar-refractivity contribution in [3.8, 4) is 0 Å². The summed E-state index contributed by atoms with van der Waals surface area (Å²) < 4.78 is 0. The second kappa shape index (κ2) is 5.31. The number of nitrogens with one attached hydrogen (secondary N) is 1. The third kappa shape index (κ3) is 3.73. The monoisotopic (exact) mass is 268 g/mol. The molecule has 0 saturated carbocycles. The number of hydrogen-bond donors (Lipinski definition) is 1. The van der Waals surface area contributed by atoms with Crippen LogP contribution < -0.4 is 10.2 Å². The third-order valence-electron chi connectivity index (χ3n) is 2.89. The molecule has 18 heavy (non-hydrogen) atoms. The van der Waals surface area contributed by atoms with E-state index in [0.29, 0.717) is 11.1 Å². The van der Waals surface area contributed by atoms with Crippen molar-refractivity contribution in [2.45, 2.75) is 33.6 Å². The van der Waals surface area contributed by atoms with Crippen molar-refractivity contribution >= 4 is 23.4 Å². The van der Waals surface area contributed by atoms with E-state index < -0.39 is 0 Å². The molecule has 2 heterocycles. The first-order valence-corrected chi connectivity index (χ1v) is 6.85. The SMILES string of the molecule is CC(C)(C)CNc1nc(Cl)cc(N2CCCC2)n1. The second-order valence-electron chi connectivity index (χ2n) is 5.98. The van der Waals surface area contributed by atoms with Crippen molar-refractivity contribution in [2.75, 3.05) is 29.9 Å². The number of nitrogens with zero attached hydrogens (tertiary/aromatic N) is 3. The van der Waals surface area contributed by atoms with Gasteiger partial charge in [0, 0.05) is 25.7 Å². The van der Waals surface area contributed by atoms with Crippen LogP contribution in [0.25, 0.3) is 0 Å². The van der Waals surface area contributed by atoms with E-state index in [1.54, 1.807) is 0 Å². The third-order valence-corrected chi connectivity index (χ3v) is 3.08. The Balaban J connectivity index is 2.10. The van der Waals surface area contributed by atoms with Gasteiger partial charge in [0.05, 0.1) is 0 Å². The Morgan fingerprint density at radius 3 is 2.56 bits per heavy atom. The highest BCUT2D eigenvalue weighted by molar-refractivity contribution is 6.29. The zero-order valence-corrected chi connectivity index (χ0v) is 12.1. The first-order chi connectivity index (χ1) is 8.44. The Bertz CT molecular complexity index is 408. The maximum atomic E-state index is 6.06. The summed E-state index contributed by atoms with van der Waals surface area (Å²) >= 11 is 6.06. The van der Waals surface area contributed by atoms with Crippen molar-refractivity contribution < 1.29 is 0 Å². The van der Waals surface area contributed by atoms with Crippen LogP contribution in [0.1, 0.15) is 33.6 Å². The summed E-state index contributed by atoms with van der Waals surface area (Å²) in [5.74, 6) is 1.56. The fourth-order valence-electron chi connectivity index (χ4n) is 1.94. The molecule has 0 amide bonds. The van der Waals surface area contributed by atoms with Crippen LogP contribution in [0.2, 0.25) is 5.15 Å². The largest absolute Gasteiger partial charge is 0.356 e. The molecule has 1 aliphatic rings. The standard InChI is InChI=1S/C13H21ClN4/c1-13(2,3)9-15-12-16-10(14)8-11(17-12)18-6-4-5-7-18/h8H,4-7,9H2,1-3H3,(H,15,16,17). The van der Waals surface area contributed by atoms with Gasteiger partial charge < -0.3 is 10.2 Å². The van der Waals surface area contributed by atoms with E-state index in [4.69, 9.17) is 11.6 Å². The minimum Gasteiger partial charge on any atom is -0.356 e. The fourth-order valence-corrected chi connectivity index (χ4v) is 2.11. The molecule has 0 aliphatic carbocycles. The molecule has 0 radical (unpaired) electrons. The van der Waals surface area contributed by atoms with Crippen LogP contribution in [0.4, 0.5) is 11.8 Å². The number of anilines is 2. The normalized spacial score (nSPS) is 16.1. The number of aromatic nitrogens is 2. The zero-order chi connectivity index (χ0) is 13.2. The van der Waals surface area contributed by atoms with Gasteiger partial charge in [0.1, 0.15) is 11.0 Å². The molecule has 1 N–H and O–H groups in total. The van der Waals surface area contributed by atoms with Gasteiger partial charge in [0.2, 0.25) is 5.95 Å². The summed E-state index contributed by atoms with van der Waals surface area (Å²) in [4.78, 5) is 11.0. The van der Waals surface area contributed by atoms with Crippen molar-refractivity contribution in [3.63, 3.8) is 0 Å². The summed E-state index contributed by atoms with van der Waals surface area (Å²) in [5, 5.41) is 3.76. The van der Waals surface area contributed by atoms with Crippen LogP contribution in [0, 0.1) is 5.41 Å².